The lowest BCUT2D eigenvalue weighted by molar-refractivity contribution is 0.145. The Kier molecular flexibility index (Phi) is 3.92. The minimum atomic E-state index is -0.0936. The van der Waals surface area contributed by atoms with E-state index in [2.05, 4.69) is 34.1 Å². The lowest BCUT2D eigenvalue weighted by Crippen LogP contribution is -2.35. The largest absolute Gasteiger partial charge is 0.393 e. The summed E-state index contributed by atoms with van der Waals surface area (Å²) >= 11 is 0. The molecule has 2 aliphatic rings. The van der Waals surface area contributed by atoms with Crippen LogP contribution < -0.4 is 9.80 Å². The lowest BCUT2D eigenvalue weighted by Gasteiger charge is -2.32. The van der Waals surface area contributed by atoms with Crippen LogP contribution in [0.25, 0.3) is 0 Å². The van der Waals surface area contributed by atoms with Gasteiger partial charge in [0.05, 0.1) is 6.10 Å². The minimum absolute atomic E-state index is 0.0936. The second kappa shape index (κ2) is 5.83. The summed E-state index contributed by atoms with van der Waals surface area (Å²) in [6.07, 6.45) is 5.73. The summed E-state index contributed by atoms with van der Waals surface area (Å²) in [6, 6.07) is 8.99. The predicted molar refractivity (Wildman–Crippen MR) is 80.0 cm³/mol. The molecule has 0 bridgehead atoms. The first-order chi connectivity index (χ1) is 9.33. The molecule has 0 radical (unpaired) electrons. The molecule has 0 spiro atoms. The van der Waals surface area contributed by atoms with Crippen LogP contribution >= 0.6 is 0 Å². The van der Waals surface area contributed by atoms with Crippen molar-refractivity contribution in [1.82, 2.24) is 0 Å². The maximum absolute atomic E-state index is 9.55. The van der Waals surface area contributed by atoms with Gasteiger partial charge in [-0.2, -0.15) is 0 Å². The second-order valence-corrected chi connectivity index (χ2v) is 5.78. The van der Waals surface area contributed by atoms with Crippen molar-refractivity contribution in [2.24, 2.45) is 0 Å². The SMILES string of the molecule is OC1CCN(c2ccc(N3CCCCC3)cc2)CC1. The number of aliphatic hydroxyl groups is 1. The Hall–Kier alpha value is -1.22. The topological polar surface area (TPSA) is 26.7 Å². The molecule has 2 aliphatic heterocycles. The smallest absolute Gasteiger partial charge is 0.0574 e. The van der Waals surface area contributed by atoms with E-state index in [1.165, 1.54) is 43.7 Å². The number of benzene rings is 1. The van der Waals surface area contributed by atoms with Gasteiger partial charge >= 0.3 is 0 Å². The zero-order chi connectivity index (χ0) is 13.1. The molecule has 1 N–H and O–H groups in total. The van der Waals surface area contributed by atoms with Gasteiger partial charge in [0.1, 0.15) is 0 Å². The Morgan fingerprint density at radius 3 is 1.74 bits per heavy atom. The zero-order valence-corrected chi connectivity index (χ0v) is 11.6. The molecular formula is C16H24N2O. The van der Waals surface area contributed by atoms with E-state index in [0.29, 0.717) is 0 Å². The van der Waals surface area contributed by atoms with Crippen molar-refractivity contribution in [3.05, 3.63) is 24.3 Å². The summed E-state index contributed by atoms with van der Waals surface area (Å²) in [4.78, 5) is 4.87. The van der Waals surface area contributed by atoms with Crippen LogP contribution in [0.3, 0.4) is 0 Å². The molecule has 3 rings (SSSR count). The normalized spacial score (nSPS) is 21.7. The molecule has 19 heavy (non-hydrogen) atoms. The summed E-state index contributed by atoms with van der Waals surface area (Å²) in [7, 11) is 0. The average Bonchev–Trinajstić information content (AvgIpc) is 2.49. The van der Waals surface area contributed by atoms with Gasteiger partial charge in [0, 0.05) is 37.6 Å². The van der Waals surface area contributed by atoms with Crippen LogP contribution in [0.1, 0.15) is 32.1 Å². The molecule has 0 aliphatic carbocycles. The van der Waals surface area contributed by atoms with Gasteiger partial charge in [0.2, 0.25) is 0 Å². The number of hydrogen-bond acceptors (Lipinski definition) is 3. The van der Waals surface area contributed by atoms with Gasteiger partial charge in [-0.25, -0.2) is 0 Å². The first-order valence-corrected chi connectivity index (χ1v) is 7.61. The molecule has 3 heteroatoms. The molecule has 2 heterocycles. The third kappa shape index (κ3) is 3.03. The molecule has 0 unspecified atom stereocenters. The molecule has 2 saturated heterocycles. The van der Waals surface area contributed by atoms with E-state index in [0.717, 1.165) is 25.9 Å². The van der Waals surface area contributed by atoms with E-state index < -0.39 is 0 Å². The highest BCUT2D eigenvalue weighted by molar-refractivity contribution is 5.56. The van der Waals surface area contributed by atoms with Crippen molar-refractivity contribution in [3.8, 4) is 0 Å². The highest BCUT2D eigenvalue weighted by atomic mass is 16.3. The first-order valence-electron chi connectivity index (χ1n) is 7.61. The van der Waals surface area contributed by atoms with E-state index in [-0.39, 0.29) is 6.10 Å². The van der Waals surface area contributed by atoms with E-state index in [1.807, 2.05) is 0 Å². The highest BCUT2D eigenvalue weighted by Gasteiger charge is 2.17. The molecule has 1 aromatic carbocycles. The Labute approximate surface area is 115 Å². The number of rotatable bonds is 2. The number of aliphatic hydroxyl groups excluding tert-OH is 1. The van der Waals surface area contributed by atoms with Crippen molar-refractivity contribution in [3.63, 3.8) is 0 Å². The van der Waals surface area contributed by atoms with Gasteiger partial charge in [0.25, 0.3) is 0 Å². The van der Waals surface area contributed by atoms with E-state index in [9.17, 15) is 5.11 Å². The lowest BCUT2D eigenvalue weighted by atomic mass is 10.1. The Morgan fingerprint density at radius 2 is 1.21 bits per heavy atom. The van der Waals surface area contributed by atoms with Crippen molar-refractivity contribution < 1.29 is 5.11 Å². The fourth-order valence-corrected chi connectivity index (χ4v) is 3.15. The summed E-state index contributed by atoms with van der Waals surface area (Å²) in [6.45, 7) is 4.36. The third-order valence-electron chi connectivity index (χ3n) is 4.40. The van der Waals surface area contributed by atoms with Crippen LogP contribution in [0.4, 0.5) is 11.4 Å². The van der Waals surface area contributed by atoms with Crippen molar-refractivity contribution in [1.29, 1.82) is 0 Å². The minimum Gasteiger partial charge on any atom is -0.393 e. The van der Waals surface area contributed by atoms with Gasteiger partial charge in [-0.15, -0.1) is 0 Å². The van der Waals surface area contributed by atoms with E-state index in [4.69, 9.17) is 0 Å². The Bertz CT molecular complexity index is 390. The molecule has 0 atom stereocenters. The average molecular weight is 260 g/mol. The summed E-state index contributed by atoms with van der Waals surface area (Å²) in [5, 5.41) is 9.55. The molecule has 104 valence electrons. The fourth-order valence-electron chi connectivity index (χ4n) is 3.15. The van der Waals surface area contributed by atoms with E-state index in [1.54, 1.807) is 0 Å². The number of nitrogens with zero attached hydrogens (tertiary/aromatic N) is 2. The van der Waals surface area contributed by atoms with Crippen LogP contribution in [0.5, 0.6) is 0 Å². The molecule has 3 nitrogen and oxygen atoms in total. The maximum atomic E-state index is 9.55. The summed E-state index contributed by atoms with van der Waals surface area (Å²) in [5.74, 6) is 0. The predicted octanol–water partition coefficient (Wildman–Crippen LogP) is 2.64. The van der Waals surface area contributed by atoms with Crippen molar-refractivity contribution in [2.45, 2.75) is 38.2 Å². The quantitative estimate of drug-likeness (QED) is 0.885. The Balaban J connectivity index is 1.65. The molecule has 1 aromatic rings. The molecule has 2 fully saturated rings. The van der Waals surface area contributed by atoms with Crippen molar-refractivity contribution >= 4 is 11.4 Å². The van der Waals surface area contributed by atoms with Crippen LogP contribution in [0, 0.1) is 0 Å². The van der Waals surface area contributed by atoms with Crippen LogP contribution in [-0.2, 0) is 0 Å². The van der Waals surface area contributed by atoms with Gasteiger partial charge in [-0.05, 0) is 56.4 Å². The van der Waals surface area contributed by atoms with Crippen molar-refractivity contribution in [2.75, 3.05) is 36.0 Å². The zero-order valence-electron chi connectivity index (χ0n) is 11.6. The molecular weight excluding hydrogens is 236 g/mol. The van der Waals surface area contributed by atoms with Crippen LogP contribution in [-0.4, -0.2) is 37.4 Å². The summed E-state index contributed by atoms with van der Waals surface area (Å²) in [5.41, 5.74) is 2.66. The van der Waals surface area contributed by atoms with Gasteiger partial charge < -0.3 is 14.9 Å². The van der Waals surface area contributed by atoms with E-state index >= 15 is 0 Å². The monoisotopic (exact) mass is 260 g/mol. The van der Waals surface area contributed by atoms with Crippen LogP contribution in [0.15, 0.2) is 24.3 Å². The fraction of sp³-hybridized carbons (Fsp3) is 0.625. The number of anilines is 2. The molecule has 0 aromatic heterocycles. The van der Waals surface area contributed by atoms with Gasteiger partial charge in [0.15, 0.2) is 0 Å². The number of hydrogen-bond donors (Lipinski definition) is 1. The van der Waals surface area contributed by atoms with Crippen LogP contribution in [0.2, 0.25) is 0 Å². The molecule has 0 amide bonds. The number of piperidine rings is 2. The summed E-state index contributed by atoms with van der Waals surface area (Å²) < 4.78 is 0. The standard InChI is InChI=1S/C16H24N2O/c19-16-8-12-18(13-9-16)15-6-4-14(5-7-15)17-10-2-1-3-11-17/h4-7,16,19H,1-3,8-13H2. The third-order valence-corrected chi connectivity index (χ3v) is 4.40. The molecule has 0 saturated carbocycles. The highest BCUT2D eigenvalue weighted by Crippen LogP contribution is 2.25. The van der Waals surface area contributed by atoms with Gasteiger partial charge in [-0.3, -0.25) is 0 Å². The first kappa shape index (κ1) is 12.8. The second-order valence-electron chi connectivity index (χ2n) is 5.78. The maximum Gasteiger partial charge on any atom is 0.0574 e. The Morgan fingerprint density at radius 1 is 0.737 bits per heavy atom. The van der Waals surface area contributed by atoms with Gasteiger partial charge in [-0.1, -0.05) is 0 Å².